The van der Waals surface area contributed by atoms with Crippen molar-refractivity contribution in [3.63, 3.8) is 0 Å². The number of carbonyl (C=O) groups excluding carboxylic acids is 1. The van der Waals surface area contributed by atoms with Gasteiger partial charge in [0.15, 0.2) is 0 Å². The van der Waals surface area contributed by atoms with Crippen molar-refractivity contribution in [2.45, 2.75) is 19.3 Å². The molecule has 1 amide bonds. The van der Waals surface area contributed by atoms with E-state index in [-0.39, 0.29) is 23.9 Å². The number of nitrogens with zero attached hydrogens (tertiary/aromatic N) is 5. The average molecular weight is 530 g/mol. The smallest absolute Gasteiger partial charge is 0.269 e. The van der Waals surface area contributed by atoms with Crippen LogP contribution in [0, 0.1) is 17.0 Å². The van der Waals surface area contributed by atoms with Crippen LogP contribution >= 0.6 is 0 Å². The number of fused-ring (bicyclic) bond motifs is 1. The Morgan fingerprint density at radius 2 is 1.67 bits per heavy atom. The van der Waals surface area contributed by atoms with E-state index in [0.717, 1.165) is 28.2 Å². The molecule has 1 fully saturated rings. The first-order valence-corrected chi connectivity index (χ1v) is 12.8. The molecule has 202 valence electrons. The van der Waals surface area contributed by atoms with Crippen LogP contribution in [-0.4, -0.2) is 65.5 Å². The van der Waals surface area contributed by atoms with Crippen molar-refractivity contribution in [3.05, 3.63) is 93.9 Å². The largest absolute Gasteiger partial charge is 0.497 e. The van der Waals surface area contributed by atoms with E-state index in [4.69, 9.17) is 9.47 Å². The monoisotopic (exact) mass is 529 g/mol. The Bertz CT molecular complexity index is 1470. The van der Waals surface area contributed by atoms with E-state index in [2.05, 4.69) is 9.88 Å². The molecule has 2 aromatic heterocycles. The number of anilines is 1. The van der Waals surface area contributed by atoms with Crippen molar-refractivity contribution in [3.8, 4) is 11.5 Å². The molecule has 0 spiro atoms. The summed E-state index contributed by atoms with van der Waals surface area (Å²) in [4.78, 5) is 32.9. The summed E-state index contributed by atoms with van der Waals surface area (Å²) in [5, 5.41) is 11.0. The van der Waals surface area contributed by atoms with E-state index in [0.29, 0.717) is 37.7 Å². The zero-order valence-electron chi connectivity index (χ0n) is 22.2. The molecule has 1 aliphatic heterocycles. The van der Waals surface area contributed by atoms with Crippen LogP contribution in [0.1, 0.15) is 29.2 Å². The standard InChI is InChI=1S/C29H31N5O5/c1-20-8-9-33-27(19-30-28(33)14-20)26(21-15-24(38-2)17-25(16-21)39-3)18-29(35)32-12-10-31(11-13-32)22-4-6-23(7-5-22)34(36)37/h4-9,14-17,19,26H,10-13,18H2,1-3H3. The Morgan fingerprint density at radius 3 is 2.28 bits per heavy atom. The molecule has 10 heteroatoms. The zero-order valence-corrected chi connectivity index (χ0v) is 22.2. The molecule has 3 heterocycles. The number of piperazine rings is 1. The highest BCUT2D eigenvalue weighted by molar-refractivity contribution is 5.78. The first kappa shape index (κ1) is 26.0. The predicted molar refractivity (Wildman–Crippen MR) is 148 cm³/mol. The molecule has 39 heavy (non-hydrogen) atoms. The number of aromatic nitrogens is 2. The number of aryl methyl sites for hydroxylation is 1. The summed E-state index contributed by atoms with van der Waals surface area (Å²) >= 11 is 0. The lowest BCUT2D eigenvalue weighted by molar-refractivity contribution is -0.384. The van der Waals surface area contributed by atoms with E-state index in [1.165, 1.54) is 12.1 Å². The summed E-state index contributed by atoms with van der Waals surface area (Å²) in [5.41, 5.74) is 4.74. The number of pyridine rings is 1. The molecule has 2 aromatic carbocycles. The van der Waals surface area contributed by atoms with Gasteiger partial charge in [0.2, 0.25) is 5.91 Å². The Morgan fingerprint density at radius 1 is 1.00 bits per heavy atom. The highest BCUT2D eigenvalue weighted by Crippen LogP contribution is 2.35. The Labute approximate surface area is 226 Å². The predicted octanol–water partition coefficient (Wildman–Crippen LogP) is 4.44. The second-order valence-corrected chi connectivity index (χ2v) is 9.66. The van der Waals surface area contributed by atoms with E-state index in [9.17, 15) is 14.9 Å². The summed E-state index contributed by atoms with van der Waals surface area (Å²) in [6.07, 6.45) is 4.09. The molecule has 1 unspecified atom stereocenters. The number of nitro benzene ring substituents is 1. The van der Waals surface area contributed by atoms with Gasteiger partial charge in [-0.3, -0.25) is 14.9 Å². The summed E-state index contributed by atoms with van der Waals surface area (Å²) < 4.78 is 13.1. The van der Waals surface area contributed by atoms with Crippen molar-refractivity contribution < 1.29 is 19.2 Å². The first-order chi connectivity index (χ1) is 18.9. The maximum atomic E-state index is 13.7. The molecule has 10 nitrogen and oxygen atoms in total. The number of hydrogen-bond acceptors (Lipinski definition) is 7. The molecule has 0 saturated carbocycles. The molecule has 5 rings (SSSR count). The maximum absolute atomic E-state index is 13.7. The van der Waals surface area contributed by atoms with E-state index < -0.39 is 4.92 Å². The van der Waals surface area contributed by atoms with Gasteiger partial charge in [0.05, 0.1) is 24.8 Å². The van der Waals surface area contributed by atoms with Crippen molar-refractivity contribution >= 4 is 22.9 Å². The van der Waals surface area contributed by atoms with Crippen molar-refractivity contribution in [1.82, 2.24) is 14.3 Å². The molecular weight excluding hydrogens is 498 g/mol. The van der Waals surface area contributed by atoms with Gasteiger partial charge in [0, 0.05) is 74.8 Å². The molecule has 0 aliphatic carbocycles. The van der Waals surface area contributed by atoms with Gasteiger partial charge in [0.25, 0.3) is 5.69 Å². The molecular formula is C29H31N5O5. The number of hydrogen-bond donors (Lipinski definition) is 0. The molecule has 1 saturated heterocycles. The lowest BCUT2D eigenvalue weighted by Crippen LogP contribution is -2.49. The van der Waals surface area contributed by atoms with Crippen LogP contribution in [0.15, 0.2) is 67.0 Å². The second kappa shape index (κ2) is 11.0. The minimum atomic E-state index is -0.403. The Balaban J connectivity index is 1.38. The third kappa shape index (κ3) is 5.50. The van der Waals surface area contributed by atoms with Crippen molar-refractivity contribution in [2.24, 2.45) is 0 Å². The van der Waals surface area contributed by atoms with Gasteiger partial charge < -0.3 is 23.7 Å². The fraction of sp³-hybridized carbons (Fsp3) is 0.310. The highest BCUT2D eigenvalue weighted by atomic mass is 16.6. The number of ether oxygens (including phenoxy) is 2. The molecule has 0 radical (unpaired) electrons. The topological polar surface area (TPSA) is 102 Å². The number of imidazole rings is 1. The number of nitro groups is 1. The normalized spacial score (nSPS) is 14.3. The average Bonchev–Trinajstić information content (AvgIpc) is 3.38. The molecule has 0 bridgehead atoms. The first-order valence-electron chi connectivity index (χ1n) is 12.8. The highest BCUT2D eigenvalue weighted by Gasteiger charge is 2.28. The summed E-state index contributed by atoms with van der Waals surface area (Å²) in [7, 11) is 3.22. The molecule has 1 atom stereocenters. The fourth-order valence-corrected chi connectivity index (χ4v) is 5.09. The van der Waals surface area contributed by atoms with Gasteiger partial charge in [-0.05, 0) is 54.4 Å². The van der Waals surface area contributed by atoms with Gasteiger partial charge in [-0.2, -0.15) is 0 Å². The van der Waals surface area contributed by atoms with Crippen LogP contribution in [0.2, 0.25) is 0 Å². The van der Waals surface area contributed by atoms with E-state index >= 15 is 0 Å². The summed E-state index contributed by atoms with van der Waals surface area (Å²) in [6, 6.07) is 16.3. The van der Waals surface area contributed by atoms with Crippen LogP contribution in [0.4, 0.5) is 11.4 Å². The second-order valence-electron chi connectivity index (χ2n) is 9.66. The molecule has 4 aromatic rings. The fourth-order valence-electron chi connectivity index (χ4n) is 5.09. The number of non-ortho nitro benzene ring substituents is 1. The van der Waals surface area contributed by atoms with Crippen molar-refractivity contribution in [2.75, 3.05) is 45.3 Å². The van der Waals surface area contributed by atoms with E-state index in [1.54, 1.807) is 26.4 Å². The zero-order chi connectivity index (χ0) is 27.5. The maximum Gasteiger partial charge on any atom is 0.269 e. The molecule has 1 aliphatic rings. The van der Waals surface area contributed by atoms with Crippen LogP contribution in [0.3, 0.4) is 0 Å². The summed E-state index contributed by atoms with van der Waals surface area (Å²) in [6.45, 7) is 4.46. The SMILES string of the molecule is COc1cc(OC)cc(C(CC(=O)N2CCN(c3ccc([N+](=O)[O-])cc3)CC2)c2cnc3cc(C)ccn23)c1. The number of rotatable bonds is 8. The number of amides is 1. The lowest BCUT2D eigenvalue weighted by Gasteiger charge is -2.36. The van der Waals surface area contributed by atoms with Crippen molar-refractivity contribution in [1.29, 1.82) is 0 Å². The lowest BCUT2D eigenvalue weighted by atomic mass is 9.91. The number of carbonyl (C=O) groups is 1. The minimum Gasteiger partial charge on any atom is -0.497 e. The third-order valence-electron chi connectivity index (χ3n) is 7.27. The quantitative estimate of drug-likeness (QED) is 0.246. The number of benzene rings is 2. The number of methoxy groups -OCH3 is 2. The van der Waals surface area contributed by atoms with Crippen LogP contribution in [-0.2, 0) is 4.79 Å². The van der Waals surface area contributed by atoms with Gasteiger partial charge in [-0.25, -0.2) is 4.98 Å². The Hall–Kier alpha value is -4.60. The van der Waals surface area contributed by atoms with Gasteiger partial charge in [-0.15, -0.1) is 0 Å². The van der Waals surface area contributed by atoms with Gasteiger partial charge >= 0.3 is 0 Å². The summed E-state index contributed by atoms with van der Waals surface area (Å²) in [5.74, 6) is 1.09. The minimum absolute atomic E-state index is 0.0483. The van der Waals surface area contributed by atoms with E-state index in [1.807, 2.05) is 58.9 Å². The Kier molecular flexibility index (Phi) is 7.36. The van der Waals surface area contributed by atoms with Gasteiger partial charge in [-0.1, -0.05) is 0 Å². The molecule has 0 N–H and O–H groups in total. The van der Waals surface area contributed by atoms with Crippen LogP contribution < -0.4 is 14.4 Å². The van der Waals surface area contributed by atoms with Crippen LogP contribution in [0.25, 0.3) is 5.65 Å². The van der Waals surface area contributed by atoms with Crippen LogP contribution in [0.5, 0.6) is 11.5 Å². The van der Waals surface area contributed by atoms with Gasteiger partial charge in [0.1, 0.15) is 17.1 Å². The third-order valence-corrected chi connectivity index (χ3v) is 7.27.